The van der Waals surface area contributed by atoms with E-state index in [1.807, 2.05) is 62.4 Å². The molecule has 0 aliphatic rings. The van der Waals surface area contributed by atoms with E-state index in [2.05, 4.69) is 25.3 Å². The fourth-order valence-electron chi connectivity index (χ4n) is 3.93. The Hall–Kier alpha value is -4.10. The van der Waals surface area contributed by atoms with Crippen molar-refractivity contribution < 1.29 is 0 Å². The molecule has 0 fully saturated rings. The summed E-state index contributed by atoms with van der Waals surface area (Å²) < 4.78 is 1.64. The molecule has 0 spiro atoms. The molecule has 0 saturated heterocycles. The lowest BCUT2D eigenvalue weighted by Crippen LogP contribution is -2.22. The molecular weight excluding hydrogens is 448 g/mol. The number of aryl methyl sites for hydroxylation is 2. The van der Waals surface area contributed by atoms with Crippen molar-refractivity contribution in [2.24, 2.45) is 0 Å². The molecule has 3 heterocycles. The summed E-state index contributed by atoms with van der Waals surface area (Å²) in [5, 5.41) is 4.39. The van der Waals surface area contributed by atoms with Gasteiger partial charge in [0, 0.05) is 57.9 Å². The number of halogens is 1. The maximum absolute atomic E-state index is 13.4. The zero-order valence-electron chi connectivity index (χ0n) is 18.7. The summed E-state index contributed by atoms with van der Waals surface area (Å²) in [7, 11) is 0. The van der Waals surface area contributed by atoms with Crippen LogP contribution in [-0.4, -0.2) is 24.5 Å². The Balaban J connectivity index is 1.59. The van der Waals surface area contributed by atoms with Crippen LogP contribution in [0.5, 0.6) is 0 Å². The molecule has 2 aromatic carbocycles. The molecule has 0 saturated carbocycles. The molecule has 5 aromatic rings. The van der Waals surface area contributed by atoms with Crippen LogP contribution in [0.4, 0.5) is 11.6 Å². The van der Waals surface area contributed by atoms with E-state index >= 15 is 0 Å². The molecule has 0 bridgehead atoms. The third-order valence-electron chi connectivity index (χ3n) is 5.59. The van der Waals surface area contributed by atoms with Gasteiger partial charge in [0.05, 0.1) is 11.4 Å². The SMILES string of the molecule is CCn1c(=O)c(-c2ccc(-c3nccnc3C)cc2Cl)cc2cnc(Nc3ccccc3)nc21. The van der Waals surface area contributed by atoms with Crippen molar-refractivity contribution in [3.63, 3.8) is 0 Å². The number of hydrogen-bond donors (Lipinski definition) is 1. The van der Waals surface area contributed by atoms with Gasteiger partial charge in [0.1, 0.15) is 5.65 Å². The third kappa shape index (κ3) is 4.02. The minimum atomic E-state index is -0.162. The first-order chi connectivity index (χ1) is 16.5. The van der Waals surface area contributed by atoms with Crippen LogP contribution in [0.15, 0.2) is 78.0 Å². The second-order valence-electron chi connectivity index (χ2n) is 7.76. The third-order valence-corrected chi connectivity index (χ3v) is 5.90. The molecule has 5 rings (SSSR count). The Bertz CT molecular complexity index is 1570. The molecule has 0 aliphatic carbocycles. The van der Waals surface area contributed by atoms with Crippen molar-refractivity contribution in [2.45, 2.75) is 20.4 Å². The first kappa shape index (κ1) is 21.7. The molecular formula is C26H21ClN6O. The van der Waals surface area contributed by atoms with E-state index in [1.54, 1.807) is 29.2 Å². The Morgan fingerprint density at radius 1 is 0.971 bits per heavy atom. The van der Waals surface area contributed by atoms with Crippen molar-refractivity contribution in [2.75, 3.05) is 5.32 Å². The quantitative estimate of drug-likeness (QED) is 0.359. The lowest BCUT2D eigenvalue weighted by molar-refractivity contribution is 0.751. The first-order valence-electron chi connectivity index (χ1n) is 10.9. The normalized spacial score (nSPS) is 11.0. The van der Waals surface area contributed by atoms with Crippen molar-refractivity contribution in [3.8, 4) is 22.4 Å². The summed E-state index contributed by atoms with van der Waals surface area (Å²) in [6.45, 7) is 4.27. The summed E-state index contributed by atoms with van der Waals surface area (Å²) in [6.07, 6.45) is 5.02. The molecule has 0 amide bonds. The van der Waals surface area contributed by atoms with Crippen LogP contribution in [-0.2, 0) is 6.54 Å². The maximum atomic E-state index is 13.4. The van der Waals surface area contributed by atoms with Crippen molar-refractivity contribution in [1.82, 2.24) is 24.5 Å². The number of fused-ring (bicyclic) bond motifs is 1. The molecule has 8 heteroatoms. The molecule has 34 heavy (non-hydrogen) atoms. The topological polar surface area (TPSA) is 85.6 Å². The second-order valence-corrected chi connectivity index (χ2v) is 8.16. The number of rotatable bonds is 5. The number of hydrogen-bond acceptors (Lipinski definition) is 6. The zero-order chi connectivity index (χ0) is 23.7. The number of nitrogens with one attached hydrogen (secondary N) is 1. The summed E-state index contributed by atoms with van der Waals surface area (Å²) >= 11 is 6.66. The van der Waals surface area contributed by atoms with E-state index in [0.29, 0.717) is 34.3 Å². The predicted molar refractivity (Wildman–Crippen MR) is 135 cm³/mol. The van der Waals surface area contributed by atoms with Gasteiger partial charge in [-0.1, -0.05) is 41.9 Å². The van der Waals surface area contributed by atoms with Crippen molar-refractivity contribution >= 4 is 34.3 Å². The van der Waals surface area contributed by atoms with Gasteiger partial charge in [0.15, 0.2) is 0 Å². The fourth-order valence-corrected chi connectivity index (χ4v) is 4.21. The van der Waals surface area contributed by atoms with Gasteiger partial charge in [-0.05, 0) is 38.1 Å². The van der Waals surface area contributed by atoms with E-state index in [0.717, 1.165) is 28.0 Å². The van der Waals surface area contributed by atoms with Gasteiger partial charge in [-0.25, -0.2) is 4.98 Å². The Morgan fingerprint density at radius 3 is 2.50 bits per heavy atom. The van der Waals surface area contributed by atoms with Crippen LogP contribution in [0, 0.1) is 6.92 Å². The minimum Gasteiger partial charge on any atom is -0.324 e. The van der Waals surface area contributed by atoms with E-state index in [4.69, 9.17) is 11.6 Å². The van der Waals surface area contributed by atoms with Gasteiger partial charge < -0.3 is 5.32 Å². The number of aromatic nitrogens is 5. The van der Waals surface area contributed by atoms with E-state index in [9.17, 15) is 4.79 Å². The van der Waals surface area contributed by atoms with E-state index in [1.165, 1.54) is 0 Å². The lowest BCUT2D eigenvalue weighted by Gasteiger charge is -2.13. The molecule has 0 atom stereocenters. The number of anilines is 2. The Kier molecular flexibility index (Phi) is 5.77. The highest BCUT2D eigenvalue weighted by atomic mass is 35.5. The molecule has 168 valence electrons. The van der Waals surface area contributed by atoms with Gasteiger partial charge in [0.2, 0.25) is 5.95 Å². The average Bonchev–Trinajstić information content (AvgIpc) is 2.85. The summed E-state index contributed by atoms with van der Waals surface area (Å²) in [5.41, 5.74) is 4.82. The van der Waals surface area contributed by atoms with Gasteiger partial charge in [-0.15, -0.1) is 0 Å². The summed E-state index contributed by atoms with van der Waals surface area (Å²) in [6, 6.07) is 17.0. The van der Waals surface area contributed by atoms with Crippen LogP contribution >= 0.6 is 11.6 Å². The first-order valence-corrected chi connectivity index (χ1v) is 11.2. The molecule has 7 nitrogen and oxygen atoms in total. The van der Waals surface area contributed by atoms with Gasteiger partial charge in [-0.3, -0.25) is 19.3 Å². The lowest BCUT2D eigenvalue weighted by atomic mass is 10.0. The fraction of sp³-hybridized carbons (Fsp3) is 0.115. The highest BCUT2D eigenvalue weighted by molar-refractivity contribution is 6.33. The number of para-hydroxylation sites is 1. The number of nitrogens with zero attached hydrogens (tertiary/aromatic N) is 5. The van der Waals surface area contributed by atoms with Gasteiger partial charge >= 0.3 is 0 Å². The largest absolute Gasteiger partial charge is 0.324 e. The smallest absolute Gasteiger partial charge is 0.260 e. The molecule has 0 aliphatic heterocycles. The van der Waals surface area contributed by atoms with Crippen LogP contribution in [0.1, 0.15) is 12.6 Å². The van der Waals surface area contributed by atoms with E-state index < -0.39 is 0 Å². The molecule has 0 unspecified atom stereocenters. The molecule has 3 aromatic heterocycles. The van der Waals surface area contributed by atoms with E-state index in [-0.39, 0.29) is 5.56 Å². The highest BCUT2D eigenvalue weighted by Gasteiger charge is 2.16. The van der Waals surface area contributed by atoms with Crippen molar-refractivity contribution in [1.29, 1.82) is 0 Å². The molecule has 0 radical (unpaired) electrons. The monoisotopic (exact) mass is 468 g/mol. The summed E-state index contributed by atoms with van der Waals surface area (Å²) in [4.78, 5) is 31.2. The van der Waals surface area contributed by atoms with Crippen LogP contribution in [0.3, 0.4) is 0 Å². The van der Waals surface area contributed by atoms with Crippen LogP contribution in [0.2, 0.25) is 5.02 Å². The van der Waals surface area contributed by atoms with Gasteiger partial charge in [0.25, 0.3) is 5.56 Å². The average molecular weight is 469 g/mol. The number of benzene rings is 2. The standard InChI is InChI=1S/C26H21ClN6O/c1-3-33-24-18(15-30-26(32-24)31-19-7-5-4-6-8-19)13-21(25(33)34)20-10-9-17(14-22(20)27)23-16(2)28-11-12-29-23/h4-15H,3H2,1-2H3,(H,30,31,32). The zero-order valence-corrected chi connectivity index (χ0v) is 19.4. The molecule has 1 N–H and O–H groups in total. The van der Waals surface area contributed by atoms with Crippen LogP contribution < -0.4 is 10.9 Å². The van der Waals surface area contributed by atoms with Crippen molar-refractivity contribution in [3.05, 3.63) is 94.3 Å². The predicted octanol–water partition coefficient (Wildman–Crippen LogP) is 5.64. The summed E-state index contributed by atoms with van der Waals surface area (Å²) in [5.74, 6) is 0.426. The Morgan fingerprint density at radius 2 is 1.76 bits per heavy atom. The number of pyridine rings is 1. The minimum absolute atomic E-state index is 0.162. The maximum Gasteiger partial charge on any atom is 0.260 e. The second kappa shape index (κ2) is 9.03. The Labute approximate surface area is 201 Å². The van der Waals surface area contributed by atoms with Crippen LogP contribution in [0.25, 0.3) is 33.4 Å². The highest BCUT2D eigenvalue weighted by Crippen LogP contribution is 2.32. The van der Waals surface area contributed by atoms with Gasteiger partial charge in [-0.2, -0.15) is 4.98 Å².